The second-order valence-corrected chi connectivity index (χ2v) is 8.49. The van der Waals surface area contributed by atoms with E-state index in [4.69, 9.17) is 0 Å². The van der Waals surface area contributed by atoms with Gasteiger partial charge in [-0.15, -0.1) is 0 Å². The number of hydrogen-bond donors (Lipinski definition) is 1. The molecule has 3 amide bonds. The fourth-order valence-electron chi connectivity index (χ4n) is 4.25. The van der Waals surface area contributed by atoms with Crippen molar-refractivity contribution in [3.05, 3.63) is 41.5 Å². The number of hydrogen-bond acceptors (Lipinski definition) is 3. The van der Waals surface area contributed by atoms with Crippen molar-refractivity contribution in [2.24, 2.45) is 11.8 Å². The van der Waals surface area contributed by atoms with E-state index in [-0.39, 0.29) is 41.4 Å². The highest BCUT2D eigenvalue weighted by molar-refractivity contribution is 6.10. The number of imide groups is 1. The topological polar surface area (TPSA) is 66.5 Å². The molecule has 0 radical (unpaired) electrons. The molecule has 1 aromatic carbocycles. The largest absolute Gasteiger partial charge is 0.324 e. The lowest BCUT2D eigenvalue weighted by molar-refractivity contribution is -0.146. The van der Waals surface area contributed by atoms with Crippen LogP contribution < -0.4 is 5.32 Å². The van der Waals surface area contributed by atoms with Gasteiger partial charge in [0.25, 0.3) is 0 Å². The predicted molar refractivity (Wildman–Crippen MR) is 110 cm³/mol. The summed E-state index contributed by atoms with van der Waals surface area (Å²) in [5.74, 6) is -0.903. The van der Waals surface area contributed by atoms with Crippen LogP contribution in [0, 0.1) is 11.8 Å². The van der Waals surface area contributed by atoms with Gasteiger partial charge >= 0.3 is 0 Å². The van der Waals surface area contributed by atoms with Crippen LogP contribution in [0.5, 0.6) is 0 Å². The summed E-state index contributed by atoms with van der Waals surface area (Å²) in [6.45, 7) is 9.99. The number of nitrogens with one attached hydrogen (secondary N) is 1. The molecule has 1 heterocycles. The van der Waals surface area contributed by atoms with E-state index < -0.39 is 6.04 Å². The summed E-state index contributed by atoms with van der Waals surface area (Å²) in [6, 6.07) is 5.22. The van der Waals surface area contributed by atoms with Gasteiger partial charge in [0.15, 0.2) is 0 Å². The van der Waals surface area contributed by atoms with Crippen molar-refractivity contribution in [1.29, 1.82) is 0 Å². The van der Waals surface area contributed by atoms with Gasteiger partial charge in [-0.2, -0.15) is 0 Å². The summed E-state index contributed by atoms with van der Waals surface area (Å²) in [5, 5.41) is 3.04. The lowest BCUT2D eigenvalue weighted by atomic mass is 9.85. The summed E-state index contributed by atoms with van der Waals surface area (Å²) >= 11 is 0. The van der Waals surface area contributed by atoms with Crippen LogP contribution in [0.3, 0.4) is 0 Å². The number of benzene rings is 1. The first-order valence-corrected chi connectivity index (χ1v) is 10.2. The molecule has 0 spiro atoms. The summed E-state index contributed by atoms with van der Waals surface area (Å²) in [4.78, 5) is 39.8. The fourth-order valence-corrected chi connectivity index (χ4v) is 4.25. The summed E-state index contributed by atoms with van der Waals surface area (Å²) in [5.41, 5.74) is 2.93. The fraction of sp³-hybridized carbons (Fsp3) is 0.522. The number of carbonyl (C=O) groups excluding carboxylic acids is 3. The van der Waals surface area contributed by atoms with E-state index >= 15 is 0 Å². The van der Waals surface area contributed by atoms with Crippen molar-refractivity contribution >= 4 is 23.4 Å². The van der Waals surface area contributed by atoms with E-state index in [9.17, 15) is 14.4 Å². The molecule has 3 atom stereocenters. The normalized spacial score (nSPS) is 22.8. The molecule has 5 nitrogen and oxygen atoms in total. The van der Waals surface area contributed by atoms with Crippen molar-refractivity contribution in [1.82, 2.24) is 4.90 Å². The molecular weight excluding hydrogens is 352 g/mol. The zero-order valence-corrected chi connectivity index (χ0v) is 17.4. The first-order valence-electron chi connectivity index (χ1n) is 10.2. The molecule has 1 saturated heterocycles. The van der Waals surface area contributed by atoms with Crippen LogP contribution in [0.4, 0.5) is 5.69 Å². The van der Waals surface area contributed by atoms with Crippen LogP contribution in [-0.4, -0.2) is 28.7 Å². The third-order valence-electron chi connectivity index (χ3n) is 5.93. The zero-order valence-electron chi connectivity index (χ0n) is 17.4. The van der Waals surface area contributed by atoms with Crippen molar-refractivity contribution in [2.45, 2.75) is 65.3 Å². The maximum Gasteiger partial charge on any atom is 0.247 e. The molecule has 1 aliphatic heterocycles. The highest BCUT2D eigenvalue weighted by atomic mass is 16.2. The predicted octanol–water partition coefficient (Wildman–Crippen LogP) is 4.21. The quantitative estimate of drug-likeness (QED) is 0.613. The van der Waals surface area contributed by atoms with Gasteiger partial charge in [0.2, 0.25) is 17.7 Å². The Morgan fingerprint density at radius 2 is 1.39 bits per heavy atom. The Kier molecular flexibility index (Phi) is 5.73. The van der Waals surface area contributed by atoms with Crippen LogP contribution >= 0.6 is 0 Å². The maximum absolute atomic E-state index is 13.1. The smallest absolute Gasteiger partial charge is 0.247 e. The standard InChI is InChI=1S/C23H30N2O3/c1-13(2)16-11-8-12-17(14(3)4)20(16)24-21(26)15(5)25-22(27)18-9-6-7-10-19(18)23(25)28/h6-8,11-15,18-19H,9-10H2,1-5H3,(H,24,26)/t15-,18-,19+/m0/s1. The molecule has 0 saturated carbocycles. The number of allylic oxidation sites excluding steroid dienone is 2. The molecule has 2 aliphatic rings. The van der Waals surface area contributed by atoms with E-state index in [1.54, 1.807) is 6.92 Å². The molecule has 1 N–H and O–H groups in total. The molecule has 150 valence electrons. The van der Waals surface area contributed by atoms with Crippen LogP contribution in [-0.2, 0) is 14.4 Å². The van der Waals surface area contributed by atoms with Gasteiger partial charge in [-0.3, -0.25) is 19.3 Å². The van der Waals surface area contributed by atoms with E-state index in [0.29, 0.717) is 12.8 Å². The molecule has 0 unspecified atom stereocenters. The third-order valence-corrected chi connectivity index (χ3v) is 5.93. The monoisotopic (exact) mass is 382 g/mol. The van der Waals surface area contributed by atoms with Crippen LogP contribution in [0.25, 0.3) is 0 Å². The maximum atomic E-state index is 13.1. The third kappa shape index (κ3) is 3.50. The highest BCUT2D eigenvalue weighted by Gasteiger charge is 2.50. The Morgan fingerprint density at radius 1 is 0.929 bits per heavy atom. The van der Waals surface area contributed by atoms with Crippen molar-refractivity contribution in [3.8, 4) is 0 Å². The van der Waals surface area contributed by atoms with Crippen molar-refractivity contribution in [2.75, 3.05) is 5.32 Å². The van der Waals surface area contributed by atoms with Crippen LogP contribution in [0.15, 0.2) is 30.4 Å². The molecule has 1 fully saturated rings. The Labute approximate surface area is 167 Å². The molecule has 5 heteroatoms. The van der Waals surface area contributed by atoms with Crippen molar-refractivity contribution < 1.29 is 14.4 Å². The minimum Gasteiger partial charge on any atom is -0.324 e. The molecule has 0 aromatic heterocycles. The minimum atomic E-state index is -0.828. The lowest BCUT2D eigenvalue weighted by Gasteiger charge is -2.25. The number of amides is 3. The number of carbonyl (C=O) groups is 3. The first kappa shape index (κ1) is 20.3. The summed E-state index contributed by atoms with van der Waals surface area (Å²) in [7, 11) is 0. The van der Waals surface area contributed by atoms with Gasteiger partial charge in [-0.05, 0) is 42.7 Å². The van der Waals surface area contributed by atoms with Crippen LogP contribution in [0.1, 0.15) is 70.4 Å². The second kappa shape index (κ2) is 7.90. The number of para-hydroxylation sites is 1. The molecular formula is C23H30N2O3. The molecule has 0 bridgehead atoms. The van der Waals surface area contributed by atoms with E-state index in [0.717, 1.165) is 16.8 Å². The summed E-state index contributed by atoms with van der Waals surface area (Å²) < 4.78 is 0. The van der Waals surface area contributed by atoms with Crippen molar-refractivity contribution in [3.63, 3.8) is 0 Å². The van der Waals surface area contributed by atoms with Gasteiger partial charge in [0.1, 0.15) is 6.04 Å². The second-order valence-electron chi connectivity index (χ2n) is 8.49. The average Bonchev–Trinajstić information content (AvgIpc) is 2.92. The van der Waals surface area contributed by atoms with Gasteiger partial charge in [-0.25, -0.2) is 0 Å². The summed E-state index contributed by atoms with van der Waals surface area (Å²) in [6.07, 6.45) is 5.06. The van der Waals surface area contributed by atoms with Gasteiger partial charge < -0.3 is 5.32 Å². The molecule has 1 aliphatic carbocycles. The molecule has 1 aromatic rings. The Bertz CT molecular complexity index is 773. The highest BCUT2D eigenvalue weighted by Crippen LogP contribution is 2.37. The Balaban J connectivity index is 1.86. The number of fused-ring (bicyclic) bond motifs is 1. The Hall–Kier alpha value is -2.43. The average molecular weight is 383 g/mol. The SMILES string of the molecule is CC(C)c1cccc(C(C)C)c1NC(=O)[C@H](C)N1C(=O)[C@H]2CC=CC[C@H]2C1=O. The molecule has 3 rings (SSSR count). The van der Waals surface area contributed by atoms with Crippen LogP contribution in [0.2, 0.25) is 0 Å². The Morgan fingerprint density at radius 3 is 1.82 bits per heavy atom. The van der Waals surface area contributed by atoms with Gasteiger partial charge in [-0.1, -0.05) is 58.0 Å². The number of rotatable bonds is 5. The van der Waals surface area contributed by atoms with Gasteiger partial charge in [0.05, 0.1) is 11.8 Å². The number of likely N-dealkylation sites (tertiary alicyclic amines) is 1. The lowest BCUT2D eigenvalue weighted by Crippen LogP contribution is -2.46. The zero-order chi connectivity index (χ0) is 20.6. The van der Waals surface area contributed by atoms with E-state index in [1.165, 1.54) is 4.90 Å². The first-order chi connectivity index (χ1) is 13.2. The van der Waals surface area contributed by atoms with E-state index in [1.807, 2.05) is 30.4 Å². The minimum absolute atomic E-state index is 0.219. The van der Waals surface area contributed by atoms with E-state index in [2.05, 4.69) is 33.0 Å². The van der Waals surface area contributed by atoms with Gasteiger partial charge in [0, 0.05) is 5.69 Å². The number of anilines is 1. The molecule has 28 heavy (non-hydrogen) atoms. The number of nitrogens with zero attached hydrogens (tertiary/aromatic N) is 1.